The van der Waals surface area contributed by atoms with Crippen LogP contribution in [0.25, 0.3) is 22.1 Å². The molecule has 10 heteroatoms. The molecule has 8 rings (SSSR count). The van der Waals surface area contributed by atoms with Gasteiger partial charge in [0.25, 0.3) is 11.8 Å². The molecule has 50 heavy (non-hydrogen) atoms. The third-order valence-corrected chi connectivity index (χ3v) is 9.47. The summed E-state index contributed by atoms with van der Waals surface area (Å²) < 4.78 is 0. The lowest BCUT2D eigenvalue weighted by Crippen LogP contribution is -2.36. The van der Waals surface area contributed by atoms with Crippen LogP contribution in [0.4, 0.5) is 0 Å². The summed E-state index contributed by atoms with van der Waals surface area (Å²) in [7, 11) is 0. The Morgan fingerprint density at radius 2 is 1.00 bits per heavy atom. The van der Waals surface area contributed by atoms with Gasteiger partial charge < -0.3 is 19.8 Å². The zero-order valence-electron chi connectivity index (χ0n) is 27.1. The highest BCUT2D eigenvalue weighted by Crippen LogP contribution is 2.33. The van der Waals surface area contributed by atoms with Gasteiger partial charge in [-0.15, -0.1) is 0 Å². The maximum absolute atomic E-state index is 13.2. The van der Waals surface area contributed by atoms with E-state index in [0.717, 1.165) is 58.9 Å². The van der Waals surface area contributed by atoms with E-state index in [0.29, 0.717) is 35.9 Å². The Morgan fingerprint density at radius 1 is 0.580 bits per heavy atom. The molecule has 2 aliphatic heterocycles. The van der Waals surface area contributed by atoms with Gasteiger partial charge in [-0.1, -0.05) is 72.5 Å². The first-order valence-corrected chi connectivity index (χ1v) is 16.7. The fourth-order valence-corrected chi connectivity index (χ4v) is 6.94. The van der Waals surface area contributed by atoms with Gasteiger partial charge in [-0.25, -0.2) is 9.97 Å². The number of likely N-dealkylation sites (tertiary alicyclic amines) is 2. The van der Waals surface area contributed by atoms with Crippen molar-refractivity contribution in [2.75, 3.05) is 13.1 Å². The van der Waals surface area contributed by atoms with Crippen molar-refractivity contribution in [2.45, 2.75) is 37.8 Å². The predicted octanol–water partition coefficient (Wildman–Crippen LogP) is 5.93. The first kappa shape index (κ1) is 31.0. The number of imidazole rings is 2. The SMILES string of the molecule is O=C(C(=O)N1CCC[C@H]1c1nc2cc(C#Cc3ccc4[nH]c([C@@H]5CCCN5C(=O)C(=O)c5ccccc5)nc4c3)ccc2[nH]1)c1ccccc1. The van der Waals surface area contributed by atoms with Crippen molar-refractivity contribution in [1.82, 2.24) is 29.7 Å². The quantitative estimate of drug-likeness (QED) is 0.129. The van der Waals surface area contributed by atoms with Crippen molar-refractivity contribution in [2.24, 2.45) is 0 Å². The molecule has 0 bridgehead atoms. The Hall–Kier alpha value is -6.34. The van der Waals surface area contributed by atoms with Gasteiger partial charge >= 0.3 is 0 Å². The van der Waals surface area contributed by atoms with Crippen LogP contribution in [0.2, 0.25) is 0 Å². The first-order valence-electron chi connectivity index (χ1n) is 16.7. The van der Waals surface area contributed by atoms with Crippen LogP contribution < -0.4 is 0 Å². The van der Waals surface area contributed by atoms with Crippen molar-refractivity contribution in [3.8, 4) is 11.8 Å². The minimum absolute atomic E-state index is 0.304. The third-order valence-electron chi connectivity index (χ3n) is 9.47. The van der Waals surface area contributed by atoms with Crippen LogP contribution in [-0.4, -0.2) is 66.2 Å². The number of rotatable bonds is 6. The van der Waals surface area contributed by atoms with Crippen molar-refractivity contribution in [3.05, 3.63) is 131 Å². The van der Waals surface area contributed by atoms with Crippen molar-refractivity contribution in [3.63, 3.8) is 0 Å². The van der Waals surface area contributed by atoms with Gasteiger partial charge in [0.15, 0.2) is 0 Å². The number of H-pyrrole nitrogens is 2. The molecule has 2 aromatic heterocycles. The number of carbonyl (C=O) groups is 4. The van der Waals surface area contributed by atoms with E-state index in [4.69, 9.17) is 9.97 Å². The van der Waals surface area contributed by atoms with Gasteiger partial charge in [0.2, 0.25) is 11.6 Å². The number of ketones is 2. The molecule has 0 unspecified atom stereocenters. The zero-order valence-corrected chi connectivity index (χ0v) is 27.1. The van der Waals surface area contributed by atoms with Crippen LogP contribution in [0.5, 0.6) is 0 Å². The lowest BCUT2D eigenvalue weighted by Gasteiger charge is -2.22. The minimum Gasteiger partial charge on any atom is -0.340 e. The summed E-state index contributed by atoms with van der Waals surface area (Å²) in [5, 5.41) is 0. The first-order chi connectivity index (χ1) is 24.4. The zero-order chi connectivity index (χ0) is 34.2. The standard InChI is InChI=1S/C40H32N6O4/c47-35(27-9-3-1-4-10-27)39(49)45-21-7-13-33(45)37-41-29-19-17-25(23-31(29)43-37)15-16-26-18-20-30-32(24-26)44-38(42-30)34-14-8-22-46(34)40(50)36(48)28-11-5-2-6-12-28/h1-6,9-12,17-20,23-24,33-34H,7-8,13-14,21-22H2,(H,41,43)(H,42,44)/t33-,34-/m0/s1. The van der Waals surface area contributed by atoms with E-state index in [1.54, 1.807) is 58.3 Å². The molecule has 0 spiro atoms. The maximum Gasteiger partial charge on any atom is 0.295 e. The third kappa shape index (κ3) is 5.83. The van der Waals surface area contributed by atoms with E-state index in [1.807, 2.05) is 48.5 Å². The molecule has 2 atom stereocenters. The van der Waals surface area contributed by atoms with E-state index in [-0.39, 0.29) is 12.1 Å². The van der Waals surface area contributed by atoms with E-state index in [2.05, 4.69) is 21.8 Å². The fourth-order valence-electron chi connectivity index (χ4n) is 6.94. The van der Waals surface area contributed by atoms with Gasteiger partial charge in [-0.2, -0.15) is 0 Å². The van der Waals surface area contributed by atoms with Crippen molar-refractivity contribution < 1.29 is 19.2 Å². The Labute approximate surface area is 287 Å². The normalized spacial score (nSPS) is 17.2. The number of amides is 2. The molecule has 2 saturated heterocycles. The largest absolute Gasteiger partial charge is 0.340 e. The van der Waals surface area contributed by atoms with Gasteiger partial charge in [-0.05, 0) is 62.1 Å². The average Bonchev–Trinajstić information content (AvgIpc) is 3.98. The molecule has 2 fully saturated rings. The molecule has 2 aliphatic rings. The van der Waals surface area contributed by atoms with Crippen molar-refractivity contribution in [1.29, 1.82) is 0 Å². The number of nitrogens with zero attached hydrogens (tertiary/aromatic N) is 4. The fraction of sp³-hybridized carbons (Fsp3) is 0.200. The molecule has 0 aliphatic carbocycles. The van der Waals surface area contributed by atoms with Gasteiger partial charge in [0.1, 0.15) is 11.6 Å². The second-order valence-corrected chi connectivity index (χ2v) is 12.7. The second-order valence-electron chi connectivity index (χ2n) is 12.7. The van der Waals surface area contributed by atoms with E-state index in [9.17, 15) is 19.2 Å². The molecule has 4 heterocycles. The average molecular weight is 661 g/mol. The van der Waals surface area contributed by atoms with E-state index < -0.39 is 23.4 Å². The summed E-state index contributed by atoms with van der Waals surface area (Å²) in [6.45, 7) is 1.01. The lowest BCUT2D eigenvalue weighted by molar-refractivity contribution is -0.128. The summed E-state index contributed by atoms with van der Waals surface area (Å²) in [4.78, 5) is 71.7. The number of Topliss-reactive ketones (excluding diaryl/α,β-unsaturated/α-hetero) is 2. The molecule has 2 N–H and O–H groups in total. The van der Waals surface area contributed by atoms with Gasteiger partial charge in [0.05, 0.1) is 34.2 Å². The summed E-state index contributed by atoms with van der Waals surface area (Å²) in [5.41, 5.74) is 5.44. The summed E-state index contributed by atoms with van der Waals surface area (Å²) in [5.74, 6) is 5.71. The Bertz CT molecular complexity index is 2190. The molecule has 2 amide bonds. The topological polar surface area (TPSA) is 132 Å². The summed E-state index contributed by atoms with van der Waals surface area (Å²) in [6, 6.07) is 28.2. The second kappa shape index (κ2) is 12.9. The predicted molar refractivity (Wildman–Crippen MR) is 187 cm³/mol. The molecule has 0 saturated carbocycles. The molecule has 246 valence electrons. The summed E-state index contributed by atoms with van der Waals surface area (Å²) in [6.07, 6.45) is 3.02. The molecular weight excluding hydrogens is 628 g/mol. The number of hydrogen-bond donors (Lipinski definition) is 2. The van der Waals surface area contributed by atoms with Gasteiger partial charge in [0, 0.05) is 35.3 Å². The molecule has 4 aromatic carbocycles. The Balaban J connectivity index is 0.985. The smallest absolute Gasteiger partial charge is 0.295 e. The van der Waals surface area contributed by atoms with Crippen LogP contribution in [0, 0.1) is 11.8 Å². The number of carbonyl (C=O) groups excluding carboxylic acids is 4. The highest BCUT2D eigenvalue weighted by molar-refractivity contribution is 6.43. The monoisotopic (exact) mass is 660 g/mol. The number of fused-ring (bicyclic) bond motifs is 2. The summed E-state index contributed by atoms with van der Waals surface area (Å²) >= 11 is 0. The number of hydrogen-bond acceptors (Lipinski definition) is 6. The van der Waals surface area contributed by atoms with E-state index in [1.165, 1.54) is 0 Å². The molecule has 6 aromatic rings. The van der Waals surface area contributed by atoms with Crippen molar-refractivity contribution >= 4 is 45.4 Å². The number of aromatic nitrogens is 4. The number of benzene rings is 4. The number of aromatic amines is 2. The Kier molecular flexibility index (Phi) is 8.01. The molecule has 0 radical (unpaired) electrons. The highest BCUT2D eigenvalue weighted by atomic mass is 16.2. The maximum atomic E-state index is 13.2. The molecular formula is C40H32N6O4. The Morgan fingerprint density at radius 3 is 1.42 bits per heavy atom. The minimum atomic E-state index is -0.515. The highest BCUT2D eigenvalue weighted by Gasteiger charge is 2.37. The van der Waals surface area contributed by atoms with Crippen LogP contribution in [0.1, 0.15) is 81.3 Å². The van der Waals surface area contributed by atoms with Crippen LogP contribution in [0.15, 0.2) is 97.1 Å². The lowest BCUT2D eigenvalue weighted by atomic mass is 10.1. The van der Waals surface area contributed by atoms with Crippen LogP contribution >= 0.6 is 0 Å². The van der Waals surface area contributed by atoms with Crippen LogP contribution in [0.3, 0.4) is 0 Å². The van der Waals surface area contributed by atoms with Gasteiger partial charge in [-0.3, -0.25) is 19.2 Å². The van der Waals surface area contributed by atoms with E-state index >= 15 is 0 Å². The van der Waals surface area contributed by atoms with Crippen LogP contribution in [-0.2, 0) is 9.59 Å². The molecule has 10 nitrogen and oxygen atoms in total. The number of nitrogens with one attached hydrogen (secondary N) is 2.